The fourth-order valence-corrected chi connectivity index (χ4v) is 11.5. The molecule has 4 fully saturated rings. The van der Waals surface area contributed by atoms with Crippen LogP contribution < -0.4 is 14.4 Å². The second kappa shape index (κ2) is 18.9. The Morgan fingerprint density at radius 2 is 1.49 bits per heavy atom. The summed E-state index contributed by atoms with van der Waals surface area (Å²) in [7, 11) is 0. The summed E-state index contributed by atoms with van der Waals surface area (Å²) in [6.45, 7) is 10.4. The Balaban J connectivity index is 1.10. The van der Waals surface area contributed by atoms with Crippen LogP contribution in [-0.2, 0) is 21.6 Å². The third-order valence-electron chi connectivity index (χ3n) is 15.2. The van der Waals surface area contributed by atoms with Gasteiger partial charge in [-0.05, 0) is 111 Å². The highest BCUT2D eigenvalue weighted by Crippen LogP contribution is 2.54. The van der Waals surface area contributed by atoms with Crippen LogP contribution in [0.25, 0.3) is 32.9 Å². The number of piperazine rings is 1. The lowest BCUT2D eigenvalue weighted by molar-refractivity contribution is 0.0214. The van der Waals surface area contributed by atoms with Crippen molar-refractivity contribution in [3.63, 3.8) is 0 Å². The minimum atomic E-state index is -0.954. The van der Waals surface area contributed by atoms with Crippen LogP contribution in [0.2, 0.25) is 0 Å². The van der Waals surface area contributed by atoms with Crippen molar-refractivity contribution in [1.29, 1.82) is 0 Å². The van der Waals surface area contributed by atoms with Crippen LogP contribution in [0.1, 0.15) is 91.3 Å². The quantitative estimate of drug-likeness (QED) is 0.0825. The van der Waals surface area contributed by atoms with E-state index in [1.165, 1.54) is 0 Å². The average Bonchev–Trinajstić information content (AvgIpc) is 3.72. The molecule has 11 nitrogen and oxygen atoms in total. The van der Waals surface area contributed by atoms with Gasteiger partial charge in [0.25, 0.3) is 0 Å². The van der Waals surface area contributed by atoms with Gasteiger partial charge in [-0.1, -0.05) is 109 Å². The predicted molar refractivity (Wildman–Crippen MR) is 285 cm³/mol. The van der Waals surface area contributed by atoms with Gasteiger partial charge in [-0.3, -0.25) is 4.68 Å². The van der Waals surface area contributed by atoms with Gasteiger partial charge in [0.2, 0.25) is 0 Å². The lowest BCUT2D eigenvalue weighted by Gasteiger charge is -2.36. The maximum Gasteiger partial charge on any atom is 0.410 e. The van der Waals surface area contributed by atoms with Gasteiger partial charge < -0.3 is 28.7 Å². The molecule has 2 bridgehead atoms. The molecule has 74 heavy (non-hydrogen) atoms. The number of benzene rings is 6. The molecule has 0 N–H and O–H groups in total. The van der Waals surface area contributed by atoms with Crippen LogP contribution >= 0.6 is 0 Å². The van der Waals surface area contributed by atoms with E-state index in [9.17, 15) is 4.79 Å². The highest BCUT2D eigenvalue weighted by Gasteiger charge is 2.48. The maximum absolute atomic E-state index is 17.2. The highest BCUT2D eigenvalue weighted by molar-refractivity contribution is 6.06. The van der Waals surface area contributed by atoms with E-state index in [-0.39, 0.29) is 48.4 Å². The number of carbonyl (C=O) groups excluding carboxylic acids is 1. The number of hydrogen-bond acceptors (Lipinski definition) is 9. The molecule has 1 amide bonds. The molecule has 5 heterocycles. The van der Waals surface area contributed by atoms with Crippen LogP contribution in [0.4, 0.5) is 15.0 Å². The molecular formula is C62H59FN6O5. The van der Waals surface area contributed by atoms with Crippen LogP contribution in [0.15, 0.2) is 134 Å². The Kier molecular flexibility index (Phi) is 12.1. The zero-order chi connectivity index (χ0) is 50.7. The summed E-state index contributed by atoms with van der Waals surface area (Å²) in [5, 5.41) is 6.99. The van der Waals surface area contributed by atoms with Gasteiger partial charge in [-0.25, -0.2) is 9.18 Å². The normalized spacial score (nSPS) is 18.6. The van der Waals surface area contributed by atoms with Gasteiger partial charge in [0.05, 0.1) is 30.8 Å². The molecule has 1 aliphatic carbocycles. The first-order valence-corrected chi connectivity index (χ1v) is 25.9. The minimum absolute atomic E-state index is 0.0279. The van der Waals surface area contributed by atoms with Crippen molar-refractivity contribution in [1.82, 2.24) is 24.6 Å². The summed E-state index contributed by atoms with van der Waals surface area (Å²) in [4.78, 5) is 28.3. The molecule has 3 atom stereocenters. The number of anilines is 1. The van der Waals surface area contributed by atoms with E-state index in [2.05, 4.69) is 95.9 Å². The van der Waals surface area contributed by atoms with Crippen LogP contribution in [0.5, 0.6) is 11.8 Å². The van der Waals surface area contributed by atoms with Crippen LogP contribution in [0.3, 0.4) is 0 Å². The number of hydrogen-bond donors (Lipinski definition) is 0. The molecule has 12 heteroatoms. The molecule has 12 rings (SSSR count). The van der Waals surface area contributed by atoms with Crippen molar-refractivity contribution in [2.75, 3.05) is 37.8 Å². The van der Waals surface area contributed by atoms with Crippen LogP contribution in [0, 0.1) is 31.0 Å². The molecule has 4 aliphatic rings. The molecular weight excluding hydrogens is 928 g/mol. The molecule has 8 aromatic rings. The monoisotopic (exact) mass is 986 g/mol. The van der Waals surface area contributed by atoms with Gasteiger partial charge in [-0.2, -0.15) is 15.1 Å². The fraction of sp³-hybridized carbons (Fsp3) is 0.323. The number of likely N-dealkylation sites (tertiary alicyclic amines) is 1. The summed E-state index contributed by atoms with van der Waals surface area (Å²) >= 11 is 0. The Hall–Kier alpha value is -7.75. The average molecular weight is 987 g/mol. The van der Waals surface area contributed by atoms with Crippen molar-refractivity contribution in [2.45, 2.75) is 89.1 Å². The van der Waals surface area contributed by atoms with Crippen LogP contribution in [-0.4, -0.2) is 81.3 Å². The van der Waals surface area contributed by atoms with Crippen molar-refractivity contribution in [3.05, 3.63) is 178 Å². The summed E-state index contributed by atoms with van der Waals surface area (Å²) < 4.78 is 44.7. The third kappa shape index (κ3) is 8.56. The number of terminal acetylenes is 1. The van der Waals surface area contributed by atoms with E-state index < -0.39 is 11.1 Å². The van der Waals surface area contributed by atoms with Gasteiger partial charge >= 0.3 is 12.1 Å². The molecule has 374 valence electrons. The number of fused-ring (bicyclic) bond motifs is 4. The van der Waals surface area contributed by atoms with Crippen molar-refractivity contribution < 1.29 is 28.1 Å². The molecule has 0 spiro atoms. The Morgan fingerprint density at radius 1 is 0.811 bits per heavy atom. The minimum Gasteiger partial charge on any atom is -0.486 e. The molecule has 2 aromatic heterocycles. The smallest absolute Gasteiger partial charge is 0.410 e. The summed E-state index contributed by atoms with van der Waals surface area (Å²) in [6.07, 6.45) is 11.1. The number of nitrogens with zero attached hydrogens (tertiary/aromatic N) is 6. The molecule has 3 aliphatic heterocycles. The number of amides is 1. The van der Waals surface area contributed by atoms with E-state index in [0.29, 0.717) is 66.6 Å². The SMILES string of the molecule is C#Cc1ccc(COc2c(-c3c(C)c(F)cc4nn(C(c5ccccc5)(c5ccccc5)c5ccccc5)cc34)c(C3CC3)cc3c(N4C[C@@H]5C[C@H]4CN5C(=O)OC(C)(C)C)nc(OC[C@@H]4CCOC4)nc23)cc1. The highest BCUT2D eigenvalue weighted by atomic mass is 19.1. The van der Waals surface area contributed by atoms with E-state index in [1.807, 2.05) is 79.7 Å². The first-order chi connectivity index (χ1) is 36.0. The number of aromatic nitrogens is 4. The molecule has 0 unspecified atom stereocenters. The first kappa shape index (κ1) is 47.3. The number of rotatable bonds is 13. The third-order valence-corrected chi connectivity index (χ3v) is 15.2. The van der Waals surface area contributed by atoms with Gasteiger partial charge in [-0.15, -0.1) is 6.42 Å². The number of ether oxygens (including phenoxy) is 4. The van der Waals surface area contributed by atoms with Crippen molar-refractivity contribution >= 4 is 33.7 Å². The zero-order valence-electron chi connectivity index (χ0n) is 42.3. The first-order valence-electron chi connectivity index (χ1n) is 25.9. The van der Waals surface area contributed by atoms with Gasteiger partial charge in [0.15, 0.2) is 5.75 Å². The summed E-state index contributed by atoms with van der Waals surface area (Å²) in [6, 6.07) is 42.8. The zero-order valence-corrected chi connectivity index (χ0v) is 42.3. The fourth-order valence-electron chi connectivity index (χ4n) is 11.5. The summed E-state index contributed by atoms with van der Waals surface area (Å²) in [5.41, 5.74) is 7.10. The van der Waals surface area contributed by atoms with Crippen molar-refractivity contribution in [2.24, 2.45) is 5.92 Å². The molecule has 6 aromatic carbocycles. The predicted octanol–water partition coefficient (Wildman–Crippen LogP) is 12.0. The molecule has 1 saturated carbocycles. The second-order valence-corrected chi connectivity index (χ2v) is 21.3. The van der Waals surface area contributed by atoms with Crippen molar-refractivity contribution in [3.8, 4) is 35.2 Å². The summed E-state index contributed by atoms with van der Waals surface area (Å²) in [5.74, 6) is 3.91. The van der Waals surface area contributed by atoms with Gasteiger partial charge in [0.1, 0.15) is 34.9 Å². The topological polar surface area (TPSA) is 104 Å². The lowest BCUT2D eigenvalue weighted by atomic mass is 9.77. The maximum atomic E-state index is 17.2. The van der Waals surface area contributed by atoms with E-state index in [1.54, 1.807) is 6.07 Å². The Bertz CT molecular complexity index is 3340. The number of halogens is 1. The van der Waals surface area contributed by atoms with Gasteiger partial charge in [0, 0.05) is 65.3 Å². The Morgan fingerprint density at radius 3 is 2.07 bits per heavy atom. The second-order valence-electron chi connectivity index (χ2n) is 21.3. The number of carbonyl (C=O) groups is 1. The standard InChI is InChI=1S/C62H59FN6O5/c1-6-40-22-24-41(25-23-40)37-72-57-55(54-39(2)52(63)32-53-51(54)35-69(66-53)62(44-16-10-7-11-17-44,45-18-12-8-13-19-45)46-20-14-9-15-21-46)49(43-26-27-43)31-50-56(57)64-59(73-38-42-28-29-71-36-42)65-58(50)67-33-48-30-47(67)34-68(48)60(70)74-61(3,4)5/h1,7-25,31-32,35,42-43,47-48H,26-30,33-34,36-38H2,2-5H3/t42-,47+,48+/m1/s1. The molecule has 3 saturated heterocycles. The van der Waals surface area contributed by atoms with E-state index in [4.69, 9.17) is 40.4 Å². The lowest BCUT2D eigenvalue weighted by Crippen LogP contribution is -2.50. The van der Waals surface area contributed by atoms with E-state index >= 15 is 4.39 Å². The Labute approximate surface area is 431 Å². The largest absolute Gasteiger partial charge is 0.486 e. The van der Waals surface area contributed by atoms with E-state index in [0.717, 1.165) is 75.4 Å². The molecule has 0 radical (unpaired) electrons.